The lowest BCUT2D eigenvalue weighted by Crippen LogP contribution is -2.28. The molecule has 0 radical (unpaired) electrons. The Morgan fingerprint density at radius 2 is 1.74 bits per heavy atom. The molecule has 0 heterocycles. The molecule has 2 rings (SSSR count). The number of carbonyl (C=O) groups is 1. The molecule has 23 heavy (non-hydrogen) atoms. The third-order valence-electron chi connectivity index (χ3n) is 3.13. The molecule has 0 atom stereocenters. The molecule has 0 saturated carbocycles. The van der Waals surface area contributed by atoms with Gasteiger partial charge in [0.25, 0.3) is 5.91 Å². The molecule has 0 spiro atoms. The zero-order chi connectivity index (χ0) is 16.7. The summed E-state index contributed by atoms with van der Waals surface area (Å²) in [6.45, 7) is 0.0496. The van der Waals surface area contributed by atoms with Crippen LogP contribution in [0.15, 0.2) is 42.5 Å². The van der Waals surface area contributed by atoms with Gasteiger partial charge in [0.15, 0.2) is 29.7 Å². The van der Waals surface area contributed by atoms with Crippen molar-refractivity contribution in [3.63, 3.8) is 0 Å². The van der Waals surface area contributed by atoms with Crippen LogP contribution in [0.3, 0.4) is 0 Å². The van der Waals surface area contributed by atoms with E-state index < -0.39 is 5.82 Å². The number of amides is 1. The number of hydrogen-bond acceptors (Lipinski definition) is 4. The Morgan fingerprint density at radius 3 is 2.39 bits per heavy atom. The zero-order valence-corrected chi connectivity index (χ0v) is 13.0. The van der Waals surface area contributed by atoms with Gasteiger partial charge in [0.05, 0.1) is 14.2 Å². The number of methoxy groups -OCH3 is 2. The molecule has 0 unspecified atom stereocenters. The molecule has 2 aromatic rings. The van der Waals surface area contributed by atoms with Gasteiger partial charge in [0.1, 0.15) is 0 Å². The van der Waals surface area contributed by atoms with Crippen molar-refractivity contribution < 1.29 is 23.4 Å². The second-order valence-corrected chi connectivity index (χ2v) is 4.69. The lowest BCUT2D eigenvalue weighted by Gasteiger charge is -2.11. The summed E-state index contributed by atoms with van der Waals surface area (Å²) in [6, 6.07) is 11.6. The van der Waals surface area contributed by atoms with Crippen LogP contribution in [0.2, 0.25) is 0 Å². The Hall–Kier alpha value is -2.76. The van der Waals surface area contributed by atoms with E-state index in [2.05, 4.69) is 5.32 Å². The average molecular weight is 319 g/mol. The third kappa shape index (κ3) is 4.60. The molecular weight excluding hydrogens is 301 g/mol. The second-order valence-electron chi connectivity index (χ2n) is 4.69. The molecule has 0 fully saturated rings. The Bertz CT molecular complexity index is 675. The molecule has 1 amide bonds. The van der Waals surface area contributed by atoms with Gasteiger partial charge in [-0.05, 0) is 29.8 Å². The van der Waals surface area contributed by atoms with Gasteiger partial charge in [-0.25, -0.2) is 4.39 Å². The van der Waals surface area contributed by atoms with E-state index in [1.165, 1.54) is 26.4 Å². The molecular formula is C17H18FNO4. The summed E-state index contributed by atoms with van der Waals surface area (Å²) in [6.07, 6.45) is 0. The van der Waals surface area contributed by atoms with Gasteiger partial charge < -0.3 is 19.5 Å². The summed E-state index contributed by atoms with van der Waals surface area (Å²) in [5, 5.41) is 2.66. The summed E-state index contributed by atoms with van der Waals surface area (Å²) in [4.78, 5) is 11.8. The fraction of sp³-hybridized carbons (Fsp3) is 0.235. The highest BCUT2D eigenvalue weighted by atomic mass is 19.1. The van der Waals surface area contributed by atoms with Crippen molar-refractivity contribution in [1.82, 2.24) is 5.32 Å². The van der Waals surface area contributed by atoms with Crippen molar-refractivity contribution in [3.05, 3.63) is 53.8 Å². The molecule has 0 aromatic heterocycles. The third-order valence-corrected chi connectivity index (χ3v) is 3.13. The Morgan fingerprint density at radius 1 is 1.04 bits per heavy atom. The molecule has 2 aromatic carbocycles. The van der Waals surface area contributed by atoms with Crippen molar-refractivity contribution >= 4 is 5.91 Å². The largest absolute Gasteiger partial charge is 0.494 e. The smallest absolute Gasteiger partial charge is 0.258 e. The molecule has 0 bridgehead atoms. The highest BCUT2D eigenvalue weighted by molar-refractivity contribution is 5.77. The van der Waals surface area contributed by atoms with E-state index in [0.717, 1.165) is 0 Å². The summed E-state index contributed by atoms with van der Waals surface area (Å²) >= 11 is 0. The summed E-state index contributed by atoms with van der Waals surface area (Å²) in [5.41, 5.74) is 0.633. The number of ether oxygens (including phenoxy) is 3. The van der Waals surface area contributed by atoms with E-state index in [4.69, 9.17) is 14.2 Å². The van der Waals surface area contributed by atoms with Gasteiger partial charge in [-0.3, -0.25) is 4.79 Å². The summed E-state index contributed by atoms with van der Waals surface area (Å²) in [7, 11) is 2.93. The van der Waals surface area contributed by atoms with Gasteiger partial charge in [0.2, 0.25) is 0 Å². The molecule has 1 N–H and O–H groups in total. The SMILES string of the molecule is COc1ccc(CNC(=O)COc2ccccc2OC)cc1F. The number of nitrogens with one attached hydrogen (secondary N) is 1. The fourth-order valence-corrected chi connectivity index (χ4v) is 1.95. The minimum atomic E-state index is -0.468. The number of halogens is 1. The number of hydrogen-bond donors (Lipinski definition) is 1. The lowest BCUT2D eigenvalue weighted by molar-refractivity contribution is -0.123. The van der Waals surface area contributed by atoms with Crippen LogP contribution in [0.4, 0.5) is 4.39 Å². The highest BCUT2D eigenvalue weighted by Gasteiger charge is 2.08. The van der Waals surface area contributed by atoms with Crippen LogP contribution in [0.5, 0.6) is 17.2 Å². The van der Waals surface area contributed by atoms with Gasteiger partial charge in [0, 0.05) is 6.54 Å². The van der Waals surface area contributed by atoms with E-state index in [1.54, 1.807) is 24.3 Å². The van der Waals surface area contributed by atoms with Crippen LogP contribution in [-0.4, -0.2) is 26.7 Å². The second kappa shape index (κ2) is 8.03. The van der Waals surface area contributed by atoms with Gasteiger partial charge in [-0.15, -0.1) is 0 Å². The molecule has 6 heteroatoms. The lowest BCUT2D eigenvalue weighted by atomic mass is 10.2. The van der Waals surface area contributed by atoms with Crippen LogP contribution < -0.4 is 19.5 Å². The number of benzene rings is 2. The maximum atomic E-state index is 13.6. The van der Waals surface area contributed by atoms with Crippen LogP contribution in [0.25, 0.3) is 0 Å². The van der Waals surface area contributed by atoms with E-state index in [9.17, 15) is 9.18 Å². The first-order valence-electron chi connectivity index (χ1n) is 6.99. The number of carbonyl (C=O) groups excluding carboxylic acids is 1. The van der Waals surface area contributed by atoms with Crippen LogP contribution in [-0.2, 0) is 11.3 Å². The molecule has 5 nitrogen and oxygen atoms in total. The predicted molar refractivity (Wildman–Crippen MR) is 83.3 cm³/mol. The molecule has 0 aliphatic rings. The summed E-state index contributed by atoms with van der Waals surface area (Å²) in [5.74, 6) is 0.425. The van der Waals surface area contributed by atoms with Gasteiger partial charge in [-0.2, -0.15) is 0 Å². The van der Waals surface area contributed by atoms with Crippen LogP contribution in [0, 0.1) is 5.82 Å². The van der Waals surface area contributed by atoms with E-state index >= 15 is 0 Å². The number of rotatable bonds is 7. The molecule has 0 saturated heterocycles. The monoisotopic (exact) mass is 319 g/mol. The van der Waals surface area contributed by atoms with Crippen molar-refractivity contribution in [2.45, 2.75) is 6.54 Å². The normalized spacial score (nSPS) is 10.0. The predicted octanol–water partition coefficient (Wildman–Crippen LogP) is 2.54. The van der Waals surface area contributed by atoms with Crippen LogP contribution >= 0.6 is 0 Å². The zero-order valence-electron chi connectivity index (χ0n) is 13.0. The Balaban J connectivity index is 1.84. The van der Waals surface area contributed by atoms with E-state index in [-0.39, 0.29) is 24.8 Å². The van der Waals surface area contributed by atoms with Gasteiger partial charge >= 0.3 is 0 Å². The maximum Gasteiger partial charge on any atom is 0.258 e. The fourth-order valence-electron chi connectivity index (χ4n) is 1.95. The number of para-hydroxylation sites is 2. The van der Waals surface area contributed by atoms with Crippen molar-refractivity contribution in [3.8, 4) is 17.2 Å². The molecule has 0 aliphatic carbocycles. The first-order chi connectivity index (χ1) is 11.1. The van der Waals surface area contributed by atoms with Crippen LogP contribution in [0.1, 0.15) is 5.56 Å². The van der Waals surface area contributed by atoms with Crippen molar-refractivity contribution in [2.24, 2.45) is 0 Å². The Kier molecular flexibility index (Phi) is 5.80. The standard InChI is InChI=1S/C17H18FNO4/c1-21-14-8-7-12(9-13(14)18)10-19-17(20)11-23-16-6-4-3-5-15(16)22-2/h3-9H,10-11H2,1-2H3,(H,19,20). The Labute approximate surface area is 134 Å². The molecule has 122 valence electrons. The van der Waals surface area contributed by atoms with E-state index in [0.29, 0.717) is 17.1 Å². The first-order valence-corrected chi connectivity index (χ1v) is 6.99. The maximum absolute atomic E-state index is 13.6. The van der Waals surface area contributed by atoms with Crippen molar-refractivity contribution in [2.75, 3.05) is 20.8 Å². The first kappa shape index (κ1) is 16.6. The molecule has 0 aliphatic heterocycles. The topological polar surface area (TPSA) is 56.8 Å². The summed E-state index contributed by atoms with van der Waals surface area (Å²) < 4.78 is 28.9. The average Bonchev–Trinajstić information content (AvgIpc) is 2.58. The van der Waals surface area contributed by atoms with Gasteiger partial charge in [-0.1, -0.05) is 18.2 Å². The minimum Gasteiger partial charge on any atom is -0.494 e. The van der Waals surface area contributed by atoms with E-state index in [1.807, 2.05) is 6.07 Å². The van der Waals surface area contributed by atoms with Crippen molar-refractivity contribution in [1.29, 1.82) is 0 Å². The quantitative estimate of drug-likeness (QED) is 0.852. The minimum absolute atomic E-state index is 0.154. The highest BCUT2D eigenvalue weighted by Crippen LogP contribution is 2.25.